The number of hydrogen-bond acceptors (Lipinski definition) is 9. The van der Waals surface area contributed by atoms with Gasteiger partial charge in [0.15, 0.2) is 25.3 Å². The van der Waals surface area contributed by atoms with E-state index in [1.165, 1.54) is 13.4 Å². The second kappa shape index (κ2) is 14.7. The van der Waals surface area contributed by atoms with E-state index in [1.807, 2.05) is 29.9 Å². The lowest BCUT2D eigenvalue weighted by Gasteiger charge is -2.34. The summed E-state index contributed by atoms with van der Waals surface area (Å²) in [5, 5.41) is 3.16. The number of amides is 1. The number of carbonyl (C=O) groups is 1. The number of ether oxygens (including phenoxy) is 1. The summed E-state index contributed by atoms with van der Waals surface area (Å²) in [6.07, 6.45) is 4.75. The number of hydrogen-bond donors (Lipinski definition) is 3. The van der Waals surface area contributed by atoms with Crippen LogP contribution in [0.2, 0.25) is 18.1 Å². The van der Waals surface area contributed by atoms with Gasteiger partial charge in [-0.25, -0.2) is 15.0 Å². The fraction of sp³-hybridized carbons (Fsp3) is 0.520. The number of imidazole rings is 1. The van der Waals surface area contributed by atoms with Crippen LogP contribution in [0.1, 0.15) is 50.2 Å². The van der Waals surface area contributed by atoms with Crippen LogP contribution in [0.15, 0.2) is 43.0 Å². The van der Waals surface area contributed by atoms with Crippen molar-refractivity contribution in [3.63, 3.8) is 0 Å². The summed E-state index contributed by atoms with van der Waals surface area (Å²) in [6.45, 7) is 11.7. The van der Waals surface area contributed by atoms with Crippen LogP contribution >= 0.6 is 8.25 Å². The second-order valence-electron chi connectivity index (χ2n) is 10.3. The molecule has 1 aliphatic rings. The zero-order valence-corrected chi connectivity index (χ0v) is 25.5. The van der Waals surface area contributed by atoms with Crippen molar-refractivity contribution in [3.8, 4) is 0 Å². The van der Waals surface area contributed by atoms with E-state index in [-0.39, 0.29) is 18.2 Å². The summed E-state index contributed by atoms with van der Waals surface area (Å²) in [6, 6.07) is 8.96. The van der Waals surface area contributed by atoms with Crippen LogP contribution in [0.25, 0.3) is 11.2 Å². The van der Waals surface area contributed by atoms with Gasteiger partial charge in [-0.05, 0) is 43.1 Å². The Bertz CT molecular complexity index is 1220. The molecule has 1 amide bonds. The Hall–Kier alpha value is -2.64. The summed E-state index contributed by atoms with van der Waals surface area (Å²) >= 11 is 0. The highest BCUT2D eigenvalue weighted by molar-refractivity contribution is 7.32. The first kappa shape index (κ1) is 32.6. The normalized spacial score (nSPS) is 17.5. The molecular weight excluding hydrogens is 539 g/mol. The van der Waals surface area contributed by atoms with Crippen molar-refractivity contribution in [3.05, 3.63) is 48.5 Å². The summed E-state index contributed by atoms with van der Waals surface area (Å²) < 4.78 is 26.3. The first-order valence-corrected chi connectivity index (χ1v) is 16.5. The molecule has 4 rings (SSSR count). The molecule has 0 spiro atoms. The van der Waals surface area contributed by atoms with Gasteiger partial charge in [0, 0.05) is 23.8 Å². The highest BCUT2D eigenvalue weighted by Crippen LogP contribution is 2.35. The van der Waals surface area contributed by atoms with Crippen molar-refractivity contribution in [1.29, 1.82) is 0 Å². The van der Waals surface area contributed by atoms with Gasteiger partial charge < -0.3 is 20.2 Å². The lowest BCUT2D eigenvalue weighted by Crippen LogP contribution is -2.39. The smallest absolute Gasteiger partial charge is 0.420 e. The van der Waals surface area contributed by atoms with Crippen LogP contribution in [-0.2, 0) is 18.3 Å². The van der Waals surface area contributed by atoms with Crippen molar-refractivity contribution < 1.29 is 27.9 Å². The molecule has 3 atom stereocenters. The molecule has 0 bridgehead atoms. The minimum atomic E-state index is -2.35. The number of nitrogens with zero attached hydrogens (tertiary/aromatic N) is 4. The fourth-order valence-electron chi connectivity index (χ4n) is 3.29. The van der Waals surface area contributed by atoms with Crippen molar-refractivity contribution in [2.24, 2.45) is 5.73 Å². The maximum absolute atomic E-state index is 12.4. The maximum Gasteiger partial charge on any atom is 0.694 e. The van der Waals surface area contributed by atoms with E-state index in [0.717, 1.165) is 12.8 Å². The number of anilines is 1. The molecular formula is C25H40N6O6PSi+. The van der Waals surface area contributed by atoms with Gasteiger partial charge in [0.2, 0.25) is 0 Å². The fourth-order valence-corrected chi connectivity index (χ4v) is 3.91. The van der Waals surface area contributed by atoms with Gasteiger partial charge >= 0.3 is 8.25 Å². The van der Waals surface area contributed by atoms with E-state index < -0.39 is 16.6 Å². The van der Waals surface area contributed by atoms with Gasteiger partial charge in [-0.2, -0.15) is 0 Å². The number of rotatable bonds is 6. The number of carbonyl (C=O) groups excluding carboxylic acids is 1. The summed E-state index contributed by atoms with van der Waals surface area (Å²) in [5.74, 6) is 0.140. The average Bonchev–Trinajstić information content (AvgIpc) is 3.57. The Kier molecular flexibility index (Phi) is 12.2. The van der Waals surface area contributed by atoms with E-state index in [2.05, 4.69) is 58.7 Å². The quantitative estimate of drug-likeness (QED) is 0.277. The lowest BCUT2D eigenvalue weighted by atomic mass is 10.2. The Balaban J connectivity index is 0.000000318. The van der Waals surface area contributed by atoms with E-state index in [9.17, 15) is 9.36 Å². The van der Waals surface area contributed by atoms with E-state index in [0.29, 0.717) is 34.1 Å². The van der Waals surface area contributed by atoms with Crippen LogP contribution in [0.5, 0.6) is 0 Å². The third-order valence-electron chi connectivity index (χ3n) is 6.76. The highest BCUT2D eigenvalue weighted by atomic mass is 31.1. The Morgan fingerprint density at radius 3 is 2.33 bits per heavy atom. The van der Waals surface area contributed by atoms with E-state index >= 15 is 0 Å². The number of nitrogens with one attached hydrogen (secondary N) is 1. The van der Waals surface area contributed by atoms with Crippen molar-refractivity contribution >= 4 is 39.5 Å². The molecule has 1 aromatic carbocycles. The van der Waals surface area contributed by atoms with Gasteiger partial charge in [0.25, 0.3) is 5.91 Å². The molecule has 4 N–H and O–H groups in total. The molecule has 2 aromatic heterocycles. The zero-order chi connectivity index (χ0) is 29.2. The van der Waals surface area contributed by atoms with Crippen LogP contribution in [0.4, 0.5) is 5.82 Å². The van der Waals surface area contributed by atoms with Crippen molar-refractivity contribution in [2.75, 3.05) is 26.1 Å². The SMILES string of the molecule is CO[P+](=O)O.CO[Si](C)(C)C(C)(C)C.NC[C@@H]1CC[C@H](n2cnc3c(NC(=O)c4ccccc4)ncnc32)O1. The third-order valence-corrected chi connectivity index (χ3v) is 11.7. The predicted molar refractivity (Wildman–Crippen MR) is 153 cm³/mol. The second-order valence-corrected chi connectivity index (χ2v) is 16.0. The standard InChI is InChI=1S/C17H18N6O2.C7H18OSi.CH3O3P/c18-8-12-6-7-13(25-12)23-10-21-14-15(19-9-20-16(14)23)22-17(24)11-4-2-1-3-5-11;1-7(2,3)9(5,6)8-4;1-4-5(2)3/h1-5,9-10,12-13H,6-8,18H2,(H,19,20,22,24);1-6H3;1H3/p+1/t12-,13+;;/m0../s1. The van der Waals surface area contributed by atoms with E-state index in [4.69, 9.17) is 19.8 Å². The minimum Gasteiger partial charge on any atom is -0.420 e. The van der Waals surface area contributed by atoms with Crippen molar-refractivity contribution in [2.45, 2.75) is 64.1 Å². The molecule has 1 saturated heterocycles. The zero-order valence-electron chi connectivity index (χ0n) is 23.6. The molecule has 14 heteroatoms. The molecule has 1 fully saturated rings. The predicted octanol–water partition coefficient (Wildman–Crippen LogP) is 4.64. The van der Waals surface area contributed by atoms with Gasteiger partial charge in [0.05, 0.1) is 19.5 Å². The van der Waals surface area contributed by atoms with Crippen LogP contribution < -0.4 is 11.1 Å². The van der Waals surface area contributed by atoms with Gasteiger partial charge in [-0.15, -0.1) is 9.42 Å². The first-order chi connectivity index (χ1) is 18.3. The minimum absolute atomic E-state index is 0.0570. The number of benzene rings is 1. The summed E-state index contributed by atoms with van der Waals surface area (Å²) in [5.41, 5.74) is 7.39. The molecule has 0 radical (unpaired) electrons. The number of aromatic nitrogens is 4. The molecule has 0 saturated carbocycles. The molecule has 12 nitrogen and oxygen atoms in total. The van der Waals surface area contributed by atoms with Crippen LogP contribution in [-0.4, -0.2) is 65.5 Å². The Labute approximate surface area is 231 Å². The highest BCUT2D eigenvalue weighted by Gasteiger charge is 2.35. The molecule has 0 aliphatic carbocycles. The molecule has 1 unspecified atom stereocenters. The van der Waals surface area contributed by atoms with Crippen LogP contribution in [0.3, 0.4) is 0 Å². The largest absolute Gasteiger partial charge is 0.694 e. The first-order valence-electron chi connectivity index (χ1n) is 12.5. The van der Waals surface area contributed by atoms with Gasteiger partial charge in [0.1, 0.15) is 12.6 Å². The monoisotopic (exact) mass is 579 g/mol. The molecule has 39 heavy (non-hydrogen) atoms. The molecule has 1 aliphatic heterocycles. The Morgan fingerprint density at radius 2 is 1.85 bits per heavy atom. The van der Waals surface area contributed by atoms with Gasteiger partial charge in [-0.1, -0.05) is 39.0 Å². The van der Waals surface area contributed by atoms with E-state index in [1.54, 1.807) is 18.5 Å². The van der Waals surface area contributed by atoms with Crippen molar-refractivity contribution in [1.82, 2.24) is 19.5 Å². The number of nitrogens with two attached hydrogens (primary N) is 1. The topological polar surface area (TPSA) is 164 Å². The third kappa shape index (κ3) is 9.21. The van der Waals surface area contributed by atoms with Gasteiger partial charge in [-0.3, -0.25) is 9.36 Å². The van der Waals surface area contributed by atoms with Crippen LogP contribution in [0, 0.1) is 0 Å². The summed E-state index contributed by atoms with van der Waals surface area (Å²) in [4.78, 5) is 32.8. The summed E-state index contributed by atoms with van der Waals surface area (Å²) in [7, 11) is -0.745. The molecule has 3 heterocycles. The molecule has 214 valence electrons. The molecule has 3 aromatic rings. The number of fused-ring (bicyclic) bond motifs is 1. The average molecular weight is 580 g/mol. The Morgan fingerprint density at radius 1 is 1.21 bits per heavy atom. The maximum atomic E-state index is 12.4. The lowest BCUT2D eigenvalue weighted by molar-refractivity contribution is 0.00866.